The number of rotatable bonds is 1. The summed E-state index contributed by atoms with van der Waals surface area (Å²) in [7, 11) is 1.37. The maximum absolute atomic E-state index is 12.3. The zero-order chi connectivity index (χ0) is 18.7. The van der Waals surface area contributed by atoms with Gasteiger partial charge < -0.3 is 19.6 Å². The first kappa shape index (κ1) is 16.8. The van der Waals surface area contributed by atoms with Crippen molar-refractivity contribution < 1.29 is 19.4 Å². The molecule has 0 radical (unpaired) electrons. The number of H-pyrrole nitrogens is 1. The fourth-order valence-electron chi connectivity index (χ4n) is 5.26. The lowest BCUT2D eigenvalue weighted by Gasteiger charge is -2.51. The Balaban J connectivity index is 1.60. The molecule has 0 aliphatic carbocycles. The number of ether oxygens (including phenoxy) is 2. The molecule has 4 heterocycles. The van der Waals surface area contributed by atoms with Gasteiger partial charge in [0.1, 0.15) is 0 Å². The molecular formula is C21H24N2O4. The van der Waals surface area contributed by atoms with E-state index in [9.17, 15) is 9.90 Å². The van der Waals surface area contributed by atoms with Crippen molar-refractivity contribution in [1.82, 2.24) is 9.88 Å². The number of hydrogen-bond acceptors (Lipinski definition) is 5. The van der Waals surface area contributed by atoms with E-state index in [1.165, 1.54) is 24.3 Å². The topological polar surface area (TPSA) is 74.8 Å². The van der Waals surface area contributed by atoms with E-state index >= 15 is 0 Å². The minimum atomic E-state index is -0.701. The largest absolute Gasteiger partial charge is 0.497 e. The maximum atomic E-state index is 12.3. The summed E-state index contributed by atoms with van der Waals surface area (Å²) in [5, 5.41) is 12.7. The smallest absolute Gasteiger partial charge is 0.337 e. The molecule has 0 bridgehead atoms. The number of esters is 1. The van der Waals surface area contributed by atoms with E-state index in [2.05, 4.69) is 28.1 Å². The molecule has 2 unspecified atom stereocenters. The van der Waals surface area contributed by atoms with Gasteiger partial charge >= 0.3 is 5.97 Å². The number of nitrogens with zero attached hydrogens (tertiary/aromatic N) is 1. The van der Waals surface area contributed by atoms with Crippen molar-refractivity contribution in [3.8, 4) is 0 Å². The molecule has 5 atom stereocenters. The Morgan fingerprint density at radius 2 is 2.19 bits per heavy atom. The van der Waals surface area contributed by atoms with Gasteiger partial charge in [0.05, 0.1) is 37.2 Å². The van der Waals surface area contributed by atoms with Crippen molar-refractivity contribution in [3.63, 3.8) is 0 Å². The first-order valence-corrected chi connectivity index (χ1v) is 9.55. The van der Waals surface area contributed by atoms with Crippen molar-refractivity contribution in [2.24, 2.45) is 11.8 Å². The fraction of sp³-hybridized carbons (Fsp3) is 0.476. The number of aromatic amines is 1. The van der Waals surface area contributed by atoms with Gasteiger partial charge in [-0.2, -0.15) is 0 Å². The highest BCUT2D eigenvalue weighted by Crippen LogP contribution is 2.47. The number of aliphatic hydroxyl groups is 1. The van der Waals surface area contributed by atoms with Crippen LogP contribution in [0.3, 0.4) is 0 Å². The zero-order valence-corrected chi connectivity index (χ0v) is 15.5. The predicted octanol–water partition coefficient (Wildman–Crippen LogP) is 2.15. The molecule has 3 aliphatic rings. The number of methoxy groups -OCH3 is 1. The van der Waals surface area contributed by atoms with Gasteiger partial charge in [0, 0.05) is 41.5 Å². The summed E-state index contributed by atoms with van der Waals surface area (Å²) in [4.78, 5) is 18.2. The maximum Gasteiger partial charge on any atom is 0.337 e. The van der Waals surface area contributed by atoms with Crippen LogP contribution in [0.15, 0.2) is 36.1 Å². The lowest BCUT2D eigenvalue weighted by molar-refractivity contribution is -0.143. The van der Waals surface area contributed by atoms with Crippen LogP contribution in [0.4, 0.5) is 0 Å². The van der Waals surface area contributed by atoms with Crippen LogP contribution in [0.1, 0.15) is 24.2 Å². The Morgan fingerprint density at radius 3 is 3.00 bits per heavy atom. The van der Waals surface area contributed by atoms with Crippen molar-refractivity contribution in [2.45, 2.75) is 31.6 Å². The molecule has 6 heteroatoms. The average Bonchev–Trinajstić information content (AvgIpc) is 3.06. The number of carbonyl (C=O) groups excluding carboxylic acids is 1. The summed E-state index contributed by atoms with van der Waals surface area (Å²) in [5.74, 6) is -0.654. The number of carbonyl (C=O) groups is 1. The highest BCUT2D eigenvalue weighted by atomic mass is 16.5. The van der Waals surface area contributed by atoms with Crippen LogP contribution in [0, 0.1) is 11.8 Å². The highest BCUT2D eigenvalue weighted by molar-refractivity contribution is 5.89. The van der Waals surface area contributed by atoms with Crippen LogP contribution < -0.4 is 0 Å². The summed E-state index contributed by atoms with van der Waals surface area (Å²) in [5.41, 5.74) is 3.91. The van der Waals surface area contributed by atoms with Crippen LogP contribution in [0.2, 0.25) is 0 Å². The molecule has 5 rings (SSSR count). The van der Waals surface area contributed by atoms with Crippen molar-refractivity contribution in [1.29, 1.82) is 0 Å². The average molecular weight is 368 g/mol. The molecule has 2 N–H and O–H groups in total. The monoisotopic (exact) mass is 368 g/mol. The summed E-state index contributed by atoms with van der Waals surface area (Å²) in [6.07, 6.45) is 1.69. The van der Waals surface area contributed by atoms with E-state index < -0.39 is 12.1 Å². The molecule has 0 saturated carbocycles. The number of hydrogen-bond donors (Lipinski definition) is 2. The Bertz CT molecular complexity index is 933. The normalized spacial score (nSPS) is 32.7. The van der Waals surface area contributed by atoms with Crippen molar-refractivity contribution in [2.75, 3.05) is 20.2 Å². The molecule has 3 aliphatic heterocycles. The number of piperidine rings is 1. The lowest BCUT2D eigenvalue weighted by Crippen LogP contribution is -2.58. The van der Waals surface area contributed by atoms with Crippen molar-refractivity contribution >= 4 is 16.9 Å². The molecule has 0 amide bonds. The van der Waals surface area contributed by atoms with E-state index in [4.69, 9.17) is 9.47 Å². The second-order valence-corrected chi connectivity index (χ2v) is 7.84. The van der Waals surface area contributed by atoms with Gasteiger partial charge in [-0.3, -0.25) is 4.90 Å². The Hall–Kier alpha value is -2.31. The molecule has 0 spiro atoms. The van der Waals surface area contributed by atoms with Gasteiger partial charge in [0.2, 0.25) is 0 Å². The number of benzene rings is 1. The summed E-state index contributed by atoms with van der Waals surface area (Å²) in [6.45, 7) is 3.69. The summed E-state index contributed by atoms with van der Waals surface area (Å²) < 4.78 is 10.7. The zero-order valence-electron chi connectivity index (χ0n) is 15.5. The Morgan fingerprint density at radius 1 is 1.37 bits per heavy atom. The number of fused-ring (bicyclic) bond motifs is 6. The van der Waals surface area contributed by atoms with Gasteiger partial charge in [-0.1, -0.05) is 18.2 Å². The molecule has 1 aromatic carbocycles. The first-order chi connectivity index (χ1) is 13.1. The van der Waals surface area contributed by atoms with Crippen LogP contribution in [0.25, 0.3) is 10.9 Å². The molecule has 1 saturated heterocycles. The Labute approximate surface area is 157 Å². The number of aromatic nitrogens is 1. The van der Waals surface area contributed by atoms with E-state index in [0.29, 0.717) is 5.57 Å². The Kier molecular flexibility index (Phi) is 3.81. The third kappa shape index (κ3) is 2.36. The second-order valence-electron chi connectivity index (χ2n) is 7.84. The van der Waals surface area contributed by atoms with E-state index in [0.717, 1.165) is 30.7 Å². The van der Waals surface area contributed by atoms with Crippen LogP contribution in [-0.4, -0.2) is 53.4 Å². The molecule has 27 heavy (non-hydrogen) atoms. The predicted molar refractivity (Wildman–Crippen MR) is 99.9 cm³/mol. The third-order valence-corrected chi connectivity index (χ3v) is 6.58. The van der Waals surface area contributed by atoms with Gasteiger partial charge in [-0.15, -0.1) is 0 Å². The second kappa shape index (κ2) is 6.11. The molecule has 2 aromatic rings. The van der Waals surface area contributed by atoms with Gasteiger partial charge in [0.25, 0.3) is 0 Å². The summed E-state index contributed by atoms with van der Waals surface area (Å²) in [6, 6.07) is 8.13. The third-order valence-electron chi connectivity index (χ3n) is 6.58. The SMILES string of the molecule is COC(=O)C1=CO[C@H](C)C2CN3CCc4c([nH]c5ccccc45)[C@H]3[C@@H](O)C12. The highest BCUT2D eigenvalue weighted by Gasteiger charge is 2.52. The minimum Gasteiger partial charge on any atom is -0.497 e. The van der Waals surface area contributed by atoms with Gasteiger partial charge in [-0.05, 0) is 25.0 Å². The summed E-state index contributed by atoms with van der Waals surface area (Å²) >= 11 is 0. The lowest BCUT2D eigenvalue weighted by atomic mass is 9.70. The molecule has 1 aromatic heterocycles. The van der Waals surface area contributed by atoms with Crippen molar-refractivity contribution in [3.05, 3.63) is 47.4 Å². The number of para-hydroxylation sites is 1. The van der Waals surface area contributed by atoms with Gasteiger partial charge in [0.15, 0.2) is 0 Å². The quantitative estimate of drug-likeness (QED) is 0.755. The minimum absolute atomic E-state index is 0.0527. The van der Waals surface area contributed by atoms with Crippen LogP contribution >= 0.6 is 0 Å². The standard InChI is InChI=1S/C21H24N2O4/c1-11-14-9-23-8-7-13-12-5-3-4-6-16(12)22-18(13)19(23)20(24)17(14)15(10-27-11)21(25)26-2/h3-6,10-11,14,17,19-20,22,24H,7-9H2,1-2H3/t11-,14?,17?,19+,20+/m1/s1. The van der Waals surface area contributed by atoms with Crippen LogP contribution in [-0.2, 0) is 20.7 Å². The molecule has 6 nitrogen and oxygen atoms in total. The van der Waals surface area contributed by atoms with Gasteiger partial charge in [-0.25, -0.2) is 4.79 Å². The molecule has 1 fully saturated rings. The first-order valence-electron chi connectivity index (χ1n) is 9.55. The van der Waals surface area contributed by atoms with E-state index in [-0.39, 0.29) is 24.0 Å². The molecular weight excluding hydrogens is 344 g/mol. The molecule has 142 valence electrons. The van der Waals surface area contributed by atoms with E-state index in [1.807, 2.05) is 13.0 Å². The van der Waals surface area contributed by atoms with E-state index in [1.54, 1.807) is 0 Å². The number of aliphatic hydroxyl groups excluding tert-OH is 1. The fourth-order valence-corrected chi connectivity index (χ4v) is 5.26. The van der Waals surface area contributed by atoms with Crippen LogP contribution in [0.5, 0.6) is 0 Å². The number of nitrogens with one attached hydrogen (secondary N) is 1.